The summed E-state index contributed by atoms with van der Waals surface area (Å²) in [6.07, 6.45) is 4.70. The van der Waals surface area contributed by atoms with Crippen molar-refractivity contribution in [3.63, 3.8) is 0 Å². The van der Waals surface area contributed by atoms with Crippen LogP contribution in [0.1, 0.15) is 57.6 Å². The van der Waals surface area contributed by atoms with Crippen molar-refractivity contribution in [2.24, 2.45) is 5.92 Å². The van der Waals surface area contributed by atoms with Gasteiger partial charge in [-0.2, -0.15) is 0 Å². The lowest BCUT2D eigenvalue weighted by Crippen LogP contribution is -2.92. The van der Waals surface area contributed by atoms with Gasteiger partial charge in [-0.05, 0) is 69.8 Å². The SMILES string of the molecule is CN1CC23c4ccc(OC(=O)OC(C)(C)C)cc4C24CCCCC4C13. The van der Waals surface area contributed by atoms with E-state index < -0.39 is 11.8 Å². The Morgan fingerprint density at radius 2 is 2.00 bits per heavy atom. The topological polar surface area (TPSA) is 38.8 Å². The van der Waals surface area contributed by atoms with E-state index >= 15 is 0 Å². The van der Waals surface area contributed by atoms with Crippen LogP contribution < -0.4 is 4.74 Å². The molecule has 0 amide bonds. The molecule has 4 atom stereocenters. The second-order valence-corrected chi connectivity index (χ2v) is 9.43. The van der Waals surface area contributed by atoms with Crippen LogP contribution in [0.3, 0.4) is 0 Å². The van der Waals surface area contributed by atoms with Gasteiger partial charge in [-0.25, -0.2) is 4.79 Å². The van der Waals surface area contributed by atoms with Gasteiger partial charge in [0.2, 0.25) is 0 Å². The molecule has 3 aliphatic carbocycles. The first-order chi connectivity index (χ1) is 11.8. The number of ether oxygens (including phenoxy) is 2. The number of benzene rings is 1. The smallest absolute Gasteiger partial charge is 0.428 e. The summed E-state index contributed by atoms with van der Waals surface area (Å²) in [7, 11) is 2.27. The fourth-order valence-electron chi connectivity index (χ4n) is 6.70. The number of nitrogens with zero attached hydrogens (tertiary/aromatic N) is 1. The Bertz CT molecular complexity index is 767. The Morgan fingerprint density at radius 3 is 2.72 bits per heavy atom. The number of hydrogen-bond acceptors (Lipinski definition) is 4. The van der Waals surface area contributed by atoms with Crippen LogP contribution in [-0.2, 0) is 15.6 Å². The van der Waals surface area contributed by atoms with E-state index in [9.17, 15) is 4.79 Å². The number of carbonyl (C=O) groups is 1. The van der Waals surface area contributed by atoms with Gasteiger partial charge in [0.05, 0.1) is 0 Å². The van der Waals surface area contributed by atoms with Crippen LogP contribution in [0, 0.1) is 5.92 Å². The van der Waals surface area contributed by atoms with Crippen LogP contribution in [0.15, 0.2) is 18.2 Å². The molecule has 25 heavy (non-hydrogen) atoms. The van der Waals surface area contributed by atoms with E-state index in [1.54, 1.807) is 0 Å². The number of hydrogen-bond donors (Lipinski definition) is 0. The van der Waals surface area contributed by atoms with E-state index in [2.05, 4.69) is 24.1 Å². The second-order valence-electron chi connectivity index (χ2n) is 9.43. The maximum absolute atomic E-state index is 12.0. The van der Waals surface area contributed by atoms with Crippen molar-refractivity contribution in [2.75, 3.05) is 13.6 Å². The summed E-state index contributed by atoms with van der Waals surface area (Å²) in [5.41, 5.74) is 3.16. The highest BCUT2D eigenvalue weighted by molar-refractivity contribution is 5.70. The Kier molecular flexibility index (Phi) is 2.88. The Morgan fingerprint density at radius 1 is 1.20 bits per heavy atom. The van der Waals surface area contributed by atoms with Crippen molar-refractivity contribution in [2.45, 2.75) is 68.9 Å². The maximum atomic E-state index is 12.0. The molecule has 1 saturated heterocycles. The number of fused-ring (bicyclic) bond motifs is 2. The predicted molar refractivity (Wildman–Crippen MR) is 95.0 cm³/mol. The van der Waals surface area contributed by atoms with Crippen LogP contribution in [0.2, 0.25) is 0 Å². The summed E-state index contributed by atoms with van der Waals surface area (Å²) in [5.74, 6) is 1.40. The van der Waals surface area contributed by atoms with Crippen molar-refractivity contribution in [1.82, 2.24) is 4.90 Å². The van der Waals surface area contributed by atoms with Gasteiger partial charge in [-0.15, -0.1) is 0 Å². The molecule has 2 spiro atoms. The molecule has 4 unspecified atom stereocenters. The van der Waals surface area contributed by atoms with Crippen molar-refractivity contribution in [3.05, 3.63) is 29.3 Å². The van der Waals surface area contributed by atoms with Gasteiger partial charge in [-0.1, -0.05) is 18.9 Å². The van der Waals surface area contributed by atoms with Gasteiger partial charge in [0.1, 0.15) is 11.4 Å². The van der Waals surface area contributed by atoms with Crippen molar-refractivity contribution in [3.8, 4) is 5.75 Å². The lowest BCUT2D eigenvalue weighted by atomic mass is 9.24. The summed E-state index contributed by atoms with van der Waals surface area (Å²) in [6, 6.07) is 7.00. The van der Waals surface area contributed by atoms with Crippen LogP contribution in [0.5, 0.6) is 5.75 Å². The van der Waals surface area contributed by atoms with E-state index in [0.717, 1.165) is 12.0 Å². The standard InChI is InChI=1S/C21H27NO3/c1-19(2,3)25-18(23)24-13-8-9-14-16(11-13)20-10-6-5-7-15(20)17-21(14,20)12-22(17)4/h8-9,11,15,17H,5-7,10,12H2,1-4H3. The summed E-state index contributed by atoms with van der Waals surface area (Å²) in [5, 5.41) is 0. The number of carbonyl (C=O) groups excluding carboxylic acids is 1. The molecule has 5 rings (SSSR count). The fourth-order valence-corrected chi connectivity index (χ4v) is 6.70. The molecule has 3 fully saturated rings. The number of piperidine rings is 1. The highest BCUT2D eigenvalue weighted by Crippen LogP contribution is 2.80. The molecular weight excluding hydrogens is 314 g/mol. The van der Waals surface area contributed by atoms with E-state index in [1.165, 1.54) is 43.4 Å². The van der Waals surface area contributed by atoms with E-state index in [-0.39, 0.29) is 0 Å². The molecule has 0 N–H and O–H groups in total. The van der Waals surface area contributed by atoms with Crippen LogP contribution >= 0.6 is 0 Å². The monoisotopic (exact) mass is 341 g/mol. The molecule has 0 radical (unpaired) electrons. The average Bonchev–Trinajstić information content (AvgIpc) is 2.50. The first-order valence-corrected chi connectivity index (χ1v) is 9.56. The van der Waals surface area contributed by atoms with Crippen LogP contribution in [-0.4, -0.2) is 36.3 Å². The van der Waals surface area contributed by atoms with Crippen molar-refractivity contribution in [1.29, 1.82) is 0 Å². The zero-order chi connectivity index (χ0) is 17.6. The highest BCUT2D eigenvalue weighted by atomic mass is 16.7. The van der Waals surface area contributed by atoms with Gasteiger partial charge in [-0.3, -0.25) is 0 Å². The zero-order valence-corrected chi connectivity index (χ0v) is 15.6. The summed E-state index contributed by atoms with van der Waals surface area (Å²) < 4.78 is 10.8. The number of likely N-dealkylation sites (tertiary alicyclic amines) is 1. The normalized spacial score (nSPS) is 37.9. The first-order valence-electron chi connectivity index (χ1n) is 9.56. The van der Waals surface area contributed by atoms with E-state index in [1.807, 2.05) is 26.8 Å². The van der Waals surface area contributed by atoms with Gasteiger partial charge < -0.3 is 14.4 Å². The number of rotatable bonds is 1. The Hall–Kier alpha value is -1.55. The highest BCUT2D eigenvalue weighted by Gasteiger charge is 2.84. The fraction of sp³-hybridized carbons (Fsp3) is 0.667. The molecule has 1 heterocycles. The molecule has 0 aromatic heterocycles. The van der Waals surface area contributed by atoms with Crippen LogP contribution in [0.25, 0.3) is 0 Å². The van der Waals surface area contributed by atoms with Gasteiger partial charge >= 0.3 is 6.16 Å². The molecule has 2 saturated carbocycles. The Labute approximate surface area is 149 Å². The minimum absolute atomic E-state index is 0.352. The molecule has 4 nitrogen and oxygen atoms in total. The first kappa shape index (κ1) is 15.7. The largest absolute Gasteiger partial charge is 0.514 e. The summed E-state index contributed by atoms with van der Waals surface area (Å²) in [4.78, 5) is 14.5. The van der Waals surface area contributed by atoms with Gasteiger partial charge in [0.25, 0.3) is 0 Å². The molecule has 0 bridgehead atoms. The second kappa shape index (κ2) is 4.59. The molecular formula is C21H27NO3. The van der Waals surface area contributed by atoms with Crippen molar-refractivity contribution >= 4 is 6.16 Å². The van der Waals surface area contributed by atoms with Crippen molar-refractivity contribution < 1.29 is 14.3 Å². The third-order valence-electron chi connectivity index (χ3n) is 7.17. The molecule has 4 heteroatoms. The number of likely N-dealkylation sites (N-methyl/N-ethyl adjacent to an activating group) is 1. The molecule has 1 aromatic rings. The summed E-state index contributed by atoms with van der Waals surface area (Å²) >= 11 is 0. The lowest BCUT2D eigenvalue weighted by molar-refractivity contribution is -0.240. The lowest BCUT2D eigenvalue weighted by Gasteiger charge is -2.86. The molecule has 134 valence electrons. The maximum Gasteiger partial charge on any atom is 0.514 e. The quantitative estimate of drug-likeness (QED) is 0.571. The molecule has 1 aromatic carbocycles. The predicted octanol–water partition coefficient (Wildman–Crippen LogP) is 4.01. The van der Waals surface area contributed by atoms with Crippen LogP contribution in [0.4, 0.5) is 4.79 Å². The van der Waals surface area contributed by atoms with E-state index in [4.69, 9.17) is 9.47 Å². The van der Waals surface area contributed by atoms with E-state index in [0.29, 0.717) is 16.6 Å². The molecule has 4 aliphatic rings. The minimum Gasteiger partial charge on any atom is -0.428 e. The van der Waals surface area contributed by atoms with Gasteiger partial charge in [0.15, 0.2) is 0 Å². The minimum atomic E-state index is -0.617. The molecule has 1 aliphatic heterocycles. The Balaban J connectivity index is 1.45. The third kappa shape index (κ3) is 1.69. The van der Waals surface area contributed by atoms with Gasteiger partial charge in [0, 0.05) is 23.4 Å². The zero-order valence-electron chi connectivity index (χ0n) is 15.6. The average molecular weight is 341 g/mol. The third-order valence-corrected chi connectivity index (χ3v) is 7.17. The summed E-state index contributed by atoms with van der Waals surface area (Å²) in [6.45, 7) is 6.74.